The molecular weight excluding hydrogens is 408 g/mol. The van der Waals surface area contributed by atoms with E-state index < -0.39 is 40.8 Å². The van der Waals surface area contributed by atoms with Crippen LogP contribution in [-0.4, -0.2) is 34.1 Å². The molecule has 2 amide bonds. The molecule has 1 fully saturated rings. The second kappa shape index (κ2) is 6.46. The zero-order chi connectivity index (χ0) is 21.2. The number of hydrogen-bond acceptors (Lipinski definition) is 7. The molecule has 150 valence electrons. The van der Waals surface area contributed by atoms with Gasteiger partial charge < -0.3 is 15.6 Å². The molecule has 0 bridgehead atoms. The number of nitrogens with zero attached hydrogens (tertiary/aromatic N) is 1. The maximum atomic E-state index is 13.4. The van der Waals surface area contributed by atoms with Gasteiger partial charge in [0.15, 0.2) is 0 Å². The van der Waals surface area contributed by atoms with Crippen LogP contribution in [0.15, 0.2) is 59.1 Å². The average Bonchev–Trinajstić information content (AvgIpc) is 2.97. The van der Waals surface area contributed by atoms with Crippen molar-refractivity contribution < 1.29 is 29.0 Å². The highest BCUT2D eigenvalue weighted by molar-refractivity contribution is 8.04. The maximum Gasteiger partial charge on any atom is 0.342 e. The van der Waals surface area contributed by atoms with Crippen LogP contribution in [0.5, 0.6) is 5.75 Å². The standard InChI is InChI=1S/C21H14N2O6S/c22-17-15-13(11-6-1-2-7-12(11)29-21(15)28)14-16(30-17)19(25)23(18(14)24)10-5-3-4-9(8-10)20(26)27/h1-8,13-14,16H,22H2,(H,26,27)/t13-,14-,16-/m1/s1. The summed E-state index contributed by atoms with van der Waals surface area (Å²) in [5.74, 6) is -4.02. The number of hydrogen-bond donors (Lipinski definition) is 2. The molecule has 3 aliphatic rings. The monoisotopic (exact) mass is 422 g/mol. The zero-order valence-electron chi connectivity index (χ0n) is 15.3. The SMILES string of the molecule is NC1=C2C(=O)Oc3ccccc3[C@@H]2[C@H]2C(=O)N(c3cccc(C(=O)O)c3)C(=O)[C@@H]2S1. The highest BCUT2D eigenvalue weighted by atomic mass is 32.2. The van der Waals surface area contributed by atoms with Gasteiger partial charge in [0.05, 0.1) is 27.8 Å². The third-order valence-corrected chi connectivity index (χ3v) is 6.74. The van der Waals surface area contributed by atoms with Crippen molar-refractivity contribution in [2.75, 3.05) is 4.90 Å². The first-order chi connectivity index (χ1) is 14.4. The predicted molar refractivity (Wildman–Crippen MR) is 107 cm³/mol. The Bertz CT molecular complexity index is 1190. The van der Waals surface area contributed by atoms with E-state index in [1.165, 1.54) is 24.3 Å². The molecule has 3 N–H and O–H groups in total. The molecule has 8 nitrogen and oxygen atoms in total. The first kappa shape index (κ1) is 18.4. The topological polar surface area (TPSA) is 127 Å². The van der Waals surface area contributed by atoms with E-state index in [1.54, 1.807) is 24.3 Å². The number of fused-ring (bicyclic) bond motifs is 5. The lowest BCUT2D eigenvalue weighted by Gasteiger charge is -2.36. The van der Waals surface area contributed by atoms with Gasteiger partial charge in [0.2, 0.25) is 11.8 Å². The van der Waals surface area contributed by atoms with E-state index in [4.69, 9.17) is 10.5 Å². The number of benzene rings is 2. The first-order valence-electron chi connectivity index (χ1n) is 9.07. The highest BCUT2D eigenvalue weighted by Gasteiger charge is 2.58. The van der Waals surface area contributed by atoms with Crippen LogP contribution in [0.2, 0.25) is 0 Å². The minimum absolute atomic E-state index is 0.0412. The van der Waals surface area contributed by atoms with Gasteiger partial charge in [-0.15, -0.1) is 0 Å². The molecule has 30 heavy (non-hydrogen) atoms. The van der Waals surface area contributed by atoms with Gasteiger partial charge in [-0.05, 0) is 24.3 Å². The van der Waals surface area contributed by atoms with Gasteiger partial charge in [0.1, 0.15) is 11.0 Å². The Morgan fingerprint density at radius 1 is 1.07 bits per heavy atom. The summed E-state index contributed by atoms with van der Waals surface area (Å²) in [5.41, 5.74) is 7.06. The number of imide groups is 1. The van der Waals surface area contributed by atoms with Crippen LogP contribution in [0, 0.1) is 5.92 Å². The number of amides is 2. The van der Waals surface area contributed by atoms with Crippen LogP contribution < -0.4 is 15.4 Å². The van der Waals surface area contributed by atoms with Crippen molar-refractivity contribution in [1.29, 1.82) is 0 Å². The maximum absolute atomic E-state index is 13.4. The van der Waals surface area contributed by atoms with Gasteiger partial charge in [-0.3, -0.25) is 9.59 Å². The Morgan fingerprint density at radius 3 is 2.60 bits per heavy atom. The number of thioether (sulfide) groups is 1. The summed E-state index contributed by atoms with van der Waals surface area (Å²) < 4.78 is 5.37. The molecule has 0 aromatic heterocycles. The Hall–Kier alpha value is -3.59. The van der Waals surface area contributed by atoms with Crippen LogP contribution in [0.3, 0.4) is 0 Å². The van der Waals surface area contributed by atoms with Crippen LogP contribution >= 0.6 is 11.8 Å². The third kappa shape index (κ3) is 2.48. The van der Waals surface area contributed by atoms with Gasteiger partial charge in [0, 0.05) is 11.5 Å². The Morgan fingerprint density at radius 2 is 1.83 bits per heavy atom. The smallest absolute Gasteiger partial charge is 0.342 e. The molecule has 2 aromatic rings. The lowest BCUT2D eigenvalue weighted by Crippen LogP contribution is -2.39. The van der Waals surface area contributed by atoms with Crippen molar-refractivity contribution in [3.63, 3.8) is 0 Å². The van der Waals surface area contributed by atoms with Gasteiger partial charge in [0.25, 0.3) is 0 Å². The molecular formula is C21H14N2O6S. The summed E-state index contributed by atoms with van der Waals surface area (Å²) >= 11 is 0.970. The van der Waals surface area contributed by atoms with E-state index in [0.717, 1.165) is 16.7 Å². The van der Waals surface area contributed by atoms with E-state index in [-0.39, 0.29) is 21.9 Å². The van der Waals surface area contributed by atoms with Crippen LogP contribution in [-0.2, 0) is 14.4 Å². The van der Waals surface area contributed by atoms with Crippen LogP contribution in [0.4, 0.5) is 5.69 Å². The number of carboxylic acids is 1. The zero-order valence-corrected chi connectivity index (χ0v) is 16.1. The van der Waals surface area contributed by atoms with Gasteiger partial charge in [-0.25, -0.2) is 14.5 Å². The lowest BCUT2D eigenvalue weighted by atomic mass is 9.77. The summed E-state index contributed by atoms with van der Waals surface area (Å²) in [6, 6.07) is 12.5. The fraction of sp³-hybridized carbons (Fsp3) is 0.143. The lowest BCUT2D eigenvalue weighted by molar-refractivity contribution is -0.131. The Balaban J connectivity index is 1.64. The quantitative estimate of drug-likeness (QED) is 0.427. The number of aromatic carboxylic acids is 1. The number of para-hydroxylation sites is 1. The van der Waals surface area contributed by atoms with Crippen molar-refractivity contribution in [3.05, 3.63) is 70.3 Å². The number of nitrogens with two attached hydrogens (primary N) is 1. The fourth-order valence-corrected chi connectivity index (χ4v) is 5.47. The van der Waals surface area contributed by atoms with Crippen molar-refractivity contribution in [2.24, 2.45) is 11.7 Å². The van der Waals surface area contributed by atoms with E-state index in [9.17, 15) is 24.3 Å². The summed E-state index contributed by atoms with van der Waals surface area (Å²) in [6.45, 7) is 0. The number of carbonyl (C=O) groups excluding carboxylic acids is 3. The van der Waals surface area contributed by atoms with Crippen LogP contribution in [0.25, 0.3) is 0 Å². The number of carbonyl (C=O) groups is 4. The Labute approximate surface area is 174 Å². The molecule has 1 saturated heterocycles. The van der Waals surface area contributed by atoms with Gasteiger partial charge in [-0.1, -0.05) is 36.0 Å². The second-order valence-electron chi connectivity index (χ2n) is 7.11. The number of anilines is 1. The summed E-state index contributed by atoms with van der Waals surface area (Å²) in [4.78, 5) is 51.5. The first-order valence-corrected chi connectivity index (χ1v) is 9.95. The molecule has 2 aromatic carbocycles. The van der Waals surface area contributed by atoms with Crippen molar-refractivity contribution >= 4 is 41.2 Å². The number of rotatable bonds is 2. The number of esters is 1. The third-order valence-electron chi connectivity index (χ3n) is 5.51. The fourth-order valence-electron chi connectivity index (χ4n) is 4.24. The van der Waals surface area contributed by atoms with Gasteiger partial charge in [-0.2, -0.15) is 0 Å². The van der Waals surface area contributed by atoms with E-state index in [0.29, 0.717) is 11.3 Å². The molecule has 3 aliphatic heterocycles. The van der Waals surface area contributed by atoms with Crippen molar-refractivity contribution in [3.8, 4) is 5.75 Å². The van der Waals surface area contributed by atoms with E-state index >= 15 is 0 Å². The average molecular weight is 422 g/mol. The molecule has 0 aliphatic carbocycles. The largest absolute Gasteiger partial charge is 0.478 e. The molecule has 0 saturated carbocycles. The molecule has 9 heteroatoms. The molecule has 0 radical (unpaired) electrons. The van der Waals surface area contributed by atoms with Crippen molar-refractivity contribution in [2.45, 2.75) is 11.2 Å². The minimum atomic E-state index is -1.17. The summed E-state index contributed by atoms with van der Waals surface area (Å²) in [5, 5.41) is 8.59. The highest BCUT2D eigenvalue weighted by Crippen LogP contribution is 2.54. The molecule has 3 heterocycles. The molecule has 5 rings (SSSR count). The molecule has 0 unspecified atom stereocenters. The minimum Gasteiger partial charge on any atom is -0.478 e. The van der Waals surface area contributed by atoms with E-state index in [1.807, 2.05) is 0 Å². The predicted octanol–water partition coefficient (Wildman–Crippen LogP) is 1.86. The van der Waals surface area contributed by atoms with E-state index in [2.05, 4.69) is 0 Å². The molecule has 0 spiro atoms. The van der Waals surface area contributed by atoms with Crippen LogP contribution in [0.1, 0.15) is 21.8 Å². The molecule has 3 atom stereocenters. The second-order valence-corrected chi connectivity index (χ2v) is 8.30. The Kier molecular flexibility index (Phi) is 3.97. The normalized spacial score (nSPS) is 24.9. The number of carboxylic acid groups (broad SMARTS) is 1. The summed E-state index contributed by atoms with van der Waals surface area (Å²) in [7, 11) is 0. The van der Waals surface area contributed by atoms with Gasteiger partial charge >= 0.3 is 11.9 Å². The van der Waals surface area contributed by atoms with Crippen molar-refractivity contribution in [1.82, 2.24) is 0 Å². The number of ether oxygens (including phenoxy) is 1. The summed E-state index contributed by atoms with van der Waals surface area (Å²) in [6.07, 6.45) is 0.